The zero-order valence-electron chi connectivity index (χ0n) is 22.7. The highest BCUT2D eigenvalue weighted by Crippen LogP contribution is 2.46. The number of carbonyl (C=O) groups is 1. The monoisotopic (exact) mass is 610 g/mol. The second-order valence-corrected chi connectivity index (χ2v) is 9.87. The van der Waals surface area contributed by atoms with Crippen molar-refractivity contribution in [1.82, 2.24) is 4.90 Å². The van der Waals surface area contributed by atoms with Crippen LogP contribution in [0.1, 0.15) is 29.2 Å². The maximum Gasteiger partial charge on any atom is 0.416 e. The Morgan fingerprint density at radius 3 is 2.31 bits per heavy atom. The van der Waals surface area contributed by atoms with Crippen molar-refractivity contribution in [3.8, 4) is 5.75 Å². The molecule has 0 aliphatic carbocycles. The van der Waals surface area contributed by atoms with Gasteiger partial charge in [-0.05, 0) is 55.0 Å². The van der Waals surface area contributed by atoms with Gasteiger partial charge in [-0.25, -0.2) is 13.8 Å². The molecule has 2 aliphatic rings. The SMILES string of the molecule is COc1ccc(C(F)(F)F)cc1N1C(N2CCN(c3ccc(F)c(C)c3)CC2)=Nc2c(F)cccc2C1CC(=O)O.Cl. The molecule has 0 saturated carbocycles. The third-order valence-corrected chi connectivity index (χ3v) is 7.32. The Morgan fingerprint density at radius 1 is 1.00 bits per heavy atom. The molecule has 5 rings (SSSR count). The minimum Gasteiger partial charge on any atom is -0.495 e. The Kier molecular flexibility index (Phi) is 8.86. The van der Waals surface area contributed by atoms with Gasteiger partial charge in [0.25, 0.3) is 0 Å². The van der Waals surface area contributed by atoms with Crippen LogP contribution in [-0.2, 0) is 11.0 Å². The fourth-order valence-electron chi connectivity index (χ4n) is 5.26. The van der Waals surface area contributed by atoms with Crippen molar-refractivity contribution in [3.63, 3.8) is 0 Å². The molecule has 1 unspecified atom stereocenters. The van der Waals surface area contributed by atoms with Gasteiger partial charge in [0.2, 0.25) is 5.96 Å². The predicted octanol–water partition coefficient (Wildman–Crippen LogP) is 6.57. The number of para-hydroxylation sites is 1. The van der Waals surface area contributed by atoms with E-state index in [0.717, 1.165) is 17.8 Å². The Hall–Kier alpha value is -4.06. The average Bonchev–Trinajstić information content (AvgIpc) is 2.94. The molecule has 1 fully saturated rings. The summed E-state index contributed by atoms with van der Waals surface area (Å²) in [6, 6.07) is 10.8. The summed E-state index contributed by atoms with van der Waals surface area (Å²) in [5.41, 5.74) is 0.476. The smallest absolute Gasteiger partial charge is 0.416 e. The van der Waals surface area contributed by atoms with Crippen LogP contribution in [0.25, 0.3) is 0 Å². The minimum atomic E-state index is -4.68. The number of aliphatic carboxylic acids is 1. The highest BCUT2D eigenvalue weighted by atomic mass is 35.5. The van der Waals surface area contributed by atoms with E-state index < -0.39 is 36.0 Å². The van der Waals surface area contributed by atoms with Gasteiger partial charge in [0, 0.05) is 37.4 Å². The number of halogens is 6. The van der Waals surface area contributed by atoms with E-state index in [1.807, 2.05) is 4.90 Å². The number of methoxy groups -OCH3 is 1. The fourth-order valence-corrected chi connectivity index (χ4v) is 5.26. The van der Waals surface area contributed by atoms with Crippen molar-refractivity contribution in [2.45, 2.75) is 25.6 Å². The lowest BCUT2D eigenvalue weighted by molar-refractivity contribution is -0.138. The van der Waals surface area contributed by atoms with Crippen LogP contribution in [0.3, 0.4) is 0 Å². The number of aryl methyl sites for hydroxylation is 1. The van der Waals surface area contributed by atoms with E-state index in [1.165, 1.54) is 42.3 Å². The van der Waals surface area contributed by atoms with E-state index in [9.17, 15) is 27.5 Å². The Labute approximate surface area is 245 Å². The zero-order chi connectivity index (χ0) is 29.5. The minimum absolute atomic E-state index is 0. The third-order valence-electron chi connectivity index (χ3n) is 7.32. The molecule has 13 heteroatoms. The van der Waals surface area contributed by atoms with Gasteiger partial charge in [0.1, 0.15) is 23.1 Å². The van der Waals surface area contributed by atoms with Gasteiger partial charge < -0.3 is 24.5 Å². The Bertz CT molecular complexity index is 1510. The van der Waals surface area contributed by atoms with Crippen molar-refractivity contribution in [2.75, 3.05) is 43.1 Å². The topological polar surface area (TPSA) is 68.6 Å². The number of hydrogen-bond donors (Lipinski definition) is 1. The molecule has 7 nitrogen and oxygen atoms in total. The van der Waals surface area contributed by atoms with Gasteiger partial charge >= 0.3 is 12.1 Å². The molecule has 1 saturated heterocycles. The zero-order valence-corrected chi connectivity index (χ0v) is 23.5. The van der Waals surface area contributed by atoms with E-state index in [4.69, 9.17) is 4.74 Å². The van der Waals surface area contributed by atoms with Crippen LogP contribution >= 0.6 is 12.4 Å². The normalized spacial score (nSPS) is 16.9. The first-order valence-corrected chi connectivity index (χ1v) is 12.9. The average molecular weight is 611 g/mol. The summed E-state index contributed by atoms with van der Waals surface area (Å²) in [5.74, 6) is -2.03. The second-order valence-electron chi connectivity index (χ2n) is 9.87. The summed E-state index contributed by atoms with van der Waals surface area (Å²) < 4.78 is 75.7. The van der Waals surface area contributed by atoms with Crippen LogP contribution in [-0.4, -0.2) is 55.2 Å². The fraction of sp³-hybridized carbons (Fsp3) is 0.310. The van der Waals surface area contributed by atoms with E-state index in [0.29, 0.717) is 31.7 Å². The number of benzene rings is 3. The van der Waals surface area contributed by atoms with Crippen molar-refractivity contribution >= 4 is 41.4 Å². The lowest BCUT2D eigenvalue weighted by Crippen LogP contribution is -2.55. The highest BCUT2D eigenvalue weighted by Gasteiger charge is 2.40. The Morgan fingerprint density at radius 2 is 1.69 bits per heavy atom. The molecule has 224 valence electrons. The summed E-state index contributed by atoms with van der Waals surface area (Å²) in [4.78, 5) is 21.8. The molecular weight excluding hydrogens is 583 g/mol. The van der Waals surface area contributed by atoms with Gasteiger partial charge in [-0.15, -0.1) is 12.4 Å². The lowest BCUT2D eigenvalue weighted by atomic mass is 9.96. The quantitative estimate of drug-likeness (QED) is 0.330. The van der Waals surface area contributed by atoms with E-state index >= 15 is 4.39 Å². The molecule has 1 atom stereocenters. The van der Waals surface area contributed by atoms with Crippen molar-refractivity contribution in [3.05, 3.63) is 82.9 Å². The Balaban J connectivity index is 0.00000405. The van der Waals surface area contributed by atoms with Crippen LogP contribution < -0.4 is 14.5 Å². The first-order chi connectivity index (χ1) is 19.5. The van der Waals surface area contributed by atoms with Crippen molar-refractivity contribution < 1.29 is 36.6 Å². The first-order valence-electron chi connectivity index (χ1n) is 12.9. The number of alkyl halides is 3. The summed E-state index contributed by atoms with van der Waals surface area (Å²) >= 11 is 0. The second kappa shape index (κ2) is 12.0. The first kappa shape index (κ1) is 30.9. The van der Waals surface area contributed by atoms with Gasteiger partial charge in [0.05, 0.1) is 30.8 Å². The molecule has 0 bridgehead atoms. The number of piperazine rings is 1. The number of nitrogens with zero attached hydrogens (tertiary/aromatic N) is 4. The van der Waals surface area contributed by atoms with E-state index in [-0.39, 0.29) is 46.9 Å². The highest BCUT2D eigenvalue weighted by molar-refractivity contribution is 6.02. The largest absolute Gasteiger partial charge is 0.495 e. The molecule has 3 aromatic carbocycles. The number of rotatable bonds is 5. The summed E-state index contributed by atoms with van der Waals surface area (Å²) in [6.07, 6.45) is -5.22. The molecule has 1 N–H and O–H groups in total. The molecule has 3 aromatic rings. The van der Waals surface area contributed by atoms with E-state index in [1.54, 1.807) is 24.0 Å². The number of carboxylic acid groups (broad SMARTS) is 1. The molecule has 0 radical (unpaired) electrons. The van der Waals surface area contributed by atoms with Crippen LogP contribution in [0, 0.1) is 18.6 Å². The molecule has 2 aliphatic heterocycles. The number of aliphatic imine (C=N–C) groups is 1. The van der Waals surface area contributed by atoms with Gasteiger partial charge in [-0.3, -0.25) is 4.79 Å². The summed E-state index contributed by atoms with van der Waals surface area (Å²) in [5, 5.41) is 9.82. The molecule has 0 aromatic heterocycles. The number of carboxylic acids is 1. The predicted molar refractivity (Wildman–Crippen MR) is 151 cm³/mol. The third kappa shape index (κ3) is 5.94. The van der Waals surface area contributed by atoms with Gasteiger partial charge in [0.15, 0.2) is 0 Å². The molecule has 0 amide bonds. The lowest BCUT2D eigenvalue weighted by Gasteiger charge is -2.45. The maximum atomic E-state index is 15.1. The number of anilines is 2. The molecule has 0 spiro atoms. The van der Waals surface area contributed by atoms with Gasteiger partial charge in [-0.1, -0.05) is 12.1 Å². The van der Waals surface area contributed by atoms with E-state index in [2.05, 4.69) is 4.99 Å². The van der Waals surface area contributed by atoms with Crippen LogP contribution in [0.4, 0.5) is 39.0 Å². The summed E-state index contributed by atoms with van der Waals surface area (Å²) in [6.45, 7) is 3.23. The number of ether oxygens (including phenoxy) is 1. The molecule has 42 heavy (non-hydrogen) atoms. The van der Waals surface area contributed by atoms with Crippen molar-refractivity contribution in [1.29, 1.82) is 0 Å². The van der Waals surface area contributed by atoms with Crippen LogP contribution in [0.15, 0.2) is 59.6 Å². The van der Waals surface area contributed by atoms with Crippen molar-refractivity contribution in [2.24, 2.45) is 4.99 Å². The number of hydrogen-bond acceptors (Lipinski definition) is 6. The molecular formula is C29H28ClF5N4O3. The standard InChI is InChI=1S/C29H27F5N4O3.ClH/c1-17-14-19(7-8-21(17)30)36-10-12-37(13-11-36)28-35-27-20(4-3-5-22(27)31)23(16-26(39)40)38(28)24-15-18(29(32,33)34)6-9-25(24)41-2;/h3-9,14-15,23H,10-13,16H2,1-2H3,(H,39,40);1H. The van der Waals surface area contributed by atoms with Gasteiger partial charge in [-0.2, -0.15) is 13.2 Å². The van der Waals surface area contributed by atoms with Crippen LogP contribution in [0.2, 0.25) is 0 Å². The molecule has 2 heterocycles. The number of guanidine groups is 1. The maximum absolute atomic E-state index is 15.1. The summed E-state index contributed by atoms with van der Waals surface area (Å²) in [7, 11) is 1.30. The van der Waals surface area contributed by atoms with Crippen LogP contribution in [0.5, 0.6) is 5.75 Å². The number of fused-ring (bicyclic) bond motifs is 1.